The zero-order valence-corrected chi connectivity index (χ0v) is 12.2. The van der Waals surface area contributed by atoms with Crippen LogP contribution in [0.2, 0.25) is 0 Å². The summed E-state index contributed by atoms with van der Waals surface area (Å²) in [5.74, 6) is -0.0223. The molecule has 0 fully saturated rings. The number of nitrogens with one attached hydrogen (secondary N) is 2. The molecule has 1 aliphatic rings. The molecule has 0 radical (unpaired) electrons. The number of hydrogen-bond donors (Lipinski definition) is 2. The van der Waals surface area contributed by atoms with E-state index < -0.39 is 0 Å². The average Bonchev–Trinajstić information content (AvgIpc) is 2.82. The predicted octanol–water partition coefficient (Wildman–Crippen LogP) is 1.39. The Kier molecular flexibility index (Phi) is 4.39. The first kappa shape index (κ1) is 14.5. The Bertz CT molecular complexity index is 528. The second-order valence-corrected chi connectivity index (χ2v) is 5.21. The average molecular weight is 275 g/mol. The monoisotopic (exact) mass is 275 g/mol. The highest BCUT2D eigenvalue weighted by Gasteiger charge is 2.22. The Hall–Kier alpha value is -1.88. The van der Waals surface area contributed by atoms with E-state index in [1.54, 1.807) is 11.8 Å². The van der Waals surface area contributed by atoms with Crippen LogP contribution in [-0.4, -0.2) is 32.0 Å². The second kappa shape index (κ2) is 6.05. The molecule has 1 aliphatic heterocycles. The molecule has 0 aromatic heterocycles. The van der Waals surface area contributed by atoms with Crippen molar-refractivity contribution in [3.05, 3.63) is 23.8 Å². The maximum Gasteiger partial charge on any atom is 0.228 e. The molecule has 0 saturated heterocycles. The van der Waals surface area contributed by atoms with Crippen LogP contribution in [0, 0.1) is 5.92 Å². The molecule has 2 rings (SSSR count). The Labute approximate surface area is 119 Å². The fourth-order valence-electron chi connectivity index (χ4n) is 2.47. The van der Waals surface area contributed by atoms with E-state index in [0.717, 1.165) is 29.9 Å². The maximum atomic E-state index is 12.0. The van der Waals surface area contributed by atoms with Crippen molar-refractivity contribution in [1.29, 1.82) is 0 Å². The van der Waals surface area contributed by atoms with Gasteiger partial charge in [-0.25, -0.2) is 0 Å². The molecular weight excluding hydrogens is 254 g/mol. The van der Waals surface area contributed by atoms with Gasteiger partial charge < -0.3 is 15.5 Å². The first-order valence-electron chi connectivity index (χ1n) is 6.89. The topological polar surface area (TPSA) is 61.4 Å². The molecule has 0 saturated carbocycles. The molecule has 0 aliphatic carbocycles. The van der Waals surface area contributed by atoms with Crippen LogP contribution in [0.5, 0.6) is 0 Å². The van der Waals surface area contributed by atoms with Gasteiger partial charge in [0.05, 0.1) is 0 Å². The van der Waals surface area contributed by atoms with Crippen molar-refractivity contribution in [2.45, 2.75) is 20.3 Å². The lowest BCUT2D eigenvalue weighted by molar-refractivity contribution is -0.119. The molecule has 5 nitrogen and oxygen atoms in total. The molecular formula is C15H21N3O2. The summed E-state index contributed by atoms with van der Waals surface area (Å²) in [4.78, 5) is 25.2. The summed E-state index contributed by atoms with van der Waals surface area (Å²) in [6.45, 7) is 4.83. The molecule has 20 heavy (non-hydrogen) atoms. The normalized spacial score (nSPS) is 14.8. The zero-order chi connectivity index (χ0) is 14.7. The summed E-state index contributed by atoms with van der Waals surface area (Å²) < 4.78 is 0. The Balaban J connectivity index is 2.09. The molecule has 108 valence electrons. The number of hydrogen-bond acceptors (Lipinski definition) is 3. The third kappa shape index (κ3) is 2.99. The summed E-state index contributed by atoms with van der Waals surface area (Å²) in [5, 5.41) is 5.91. The number of nitrogens with zero attached hydrogens (tertiary/aromatic N) is 1. The zero-order valence-electron chi connectivity index (χ0n) is 12.2. The van der Waals surface area contributed by atoms with Crippen molar-refractivity contribution in [3.63, 3.8) is 0 Å². The van der Waals surface area contributed by atoms with E-state index >= 15 is 0 Å². The van der Waals surface area contributed by atoms with Crippen LogP contribution in [-0.2, 0) is 16.0 Å². The molecule has 5 heteroatoms. The minimum Gasteiger partial charge on any atom is -0.326 e. The van der Waals surface area contributed by atoms with Gasteiger partial charge in [0.1, 0.15) is 0 Å². The van der Waals surface area contributed by atoms with E-state index in [1.807, 2.05) is 32.2 Å². The molecule has 1 aromatic rings. The van der Waals surface area contributed by atoms with Crippen LogP contribution in [0.25, 0.3) is 0 Å². The van der Waals surface area contributed by atoms with Crippen molar-refractivity contribution in [3.8, 4) is 0 Å². The molecule has 1 heterocycles. The van der Waals surface area contributed by atoms with Gasteiger partial charge in [0.25, 0.3) is 0 Å². The number of rotatable bonds is 4. The molecule has 1 unspecified atom stereocenters. The highest BCUT2D eigenvalue weighted by atomic mass is 16.2. The van der Waals surface area contributed by atoms with Crippen molar-refractivity contribution in [2.24, 2.45) is 5.92 Å². The van der Waals surface area contributed by atoms with Gasteiger partial charge in [0, 0.05) is 37.3 Å². The summed E-state index contributed by atoms with van der Waals surface area (Å²) in [7, 11) is 1.83. The number of carbonyl (C=O) groups excluding carboxylic acids is 2. The van der Waals surface area contributed by atoms with E-state index in [-0.39, 0.29) is 17.7 Å². The molecule has 1 aromatic carbocycles. The van der Waals surface area contributed by atoms with Gasteiger partial charge in [0.15, 0.2) is 0 Å². The third-order valence-electron chi connectivity index (χ3n) is 3.58. The van der Waals surface area contributed by atoms with Gasteiger partial charge in [-0.2, -0.15) is 0 Å². The molecule has 2 amide bonds. The van der Waals surface area contributed by atoms with Gasteiger partial charge in [-0.05, 0) is 37.2 Å². The van der Waals surface area contributed by atoms with Crippen molar-refractivity contribution >= 4 is 23.2 Å². The van der Waals surface area contributed by atoms with E-state index in [0.29, 0.717) is 6.54 Å². The lowest BCUT2D eigenvalue weighted by Crippen LogP contribution is -2.28. The highest BCUT2D eigenvalue weighted by molar-refractivity contribution is 5.96. The van der Waals surface area contributed by atoms with Crippen molar-refractivity contribution in [1.82, 2.24) is 5.32 Å². The largest absolute Gasteiger partial charge is 0.326 e. The van der Waals surface area contributed by atoms with E-state index in [9.17, 15) is 9.59 Å². The SMILES string of the molecule is CNCC(C)C(=O)Nc1ccc2c(c1)CCN2C(C)=O. The van der Waals surface area contributed by atoms with E-state index in [2.05, 4.69) is 10.6 Å². The van der Waals surface area contributed by atoms with Crippen LogP contribution in [0.4, 0.5) is 11.4 Å². The summed E-state index contributed by atoms with van der Waals surface area (Å²) in [6.07, 6.45) is 0.838. The summed E-state index contributed by atoms with van der Waals surface area (Å²) >= 11 is 0. The first-order valence-corrected chi connectivity index (χ1v) is 6.89. The molecule has 0 bridgehead atoms. The minimum atomic E-state index is -0.0815. The van der Waals surface area contributed by atoms with Crippen molar-refractivity contribution < 1.29 is 9.59 Å². The molecule has 1 atom stereocenters. The van der Waals surface area contributed by atoms with Crippen LogP contribution in [0.3, 0.4) is 0 Å². The Morgan fingerprint density at radius 3 is 2.80 bits per heavy atom. The van der Waals surface area contributed by atoms with E-state index in [1.165, 1.54) is 0 Å². The van der Waals surface area contributed by atoms with Gasteiger partial charge in [-0.3, -0.25) is 9.59 Å². The second-order valence-electron chi connectivity index (χ2n) is 5.21. The van der Waals surface area contributed by atoms with Crippen LogP contribution in [0.15, 0.2) is 18.2 Å². The molecule has 2 N–H and O–H groups in total. The minimum absolute atomic E-state index is 0.000668. The van der Waals surface area contributed by atoms with Crippen LogP contribution < -0.4 is 15.5 Å². The standard InChI is InChI=1S/C15H21N3O2/c1-10(9-16-3)15(20)17-13-4-5-14-12(8-13)6-7-18(14)11(2)19/h4-5,8,10,16H,6-7,9H2,1-3H3,(H,17,20). The lowest BCUT2D eigenvalue weighted by atomic mass is 10.1. The number of anilines is 2. The number of carbonyl (C=O) groups is 2. The van der Waals surface area contributed by atoms with E-state index in [4.69, 9.17) is 0 Å². The van der Waals surface area contributed by atoms with Gasteiger partial charge in [-0.15, -0.1) is 0 Å². The summed E-state index contributed by atoms with van der Waals surface area (Å²) in [6, 6.07) is 5.72. The Morgan fingerprint density at radius 2 is 2.15 bits per heavy atom. The smallest absolute Gasteiger partial charge is 0.228 e. The van der Waals surface area contributed by atoms with Gasteiger partial charge >= 0.3 is 0 Å². The fraction of sp³-hybridized carbons (Fsp3) is 0.467. The quantitative estimate of drug-likeness (QED) is 0.873. The van der Waals surface area contributed by atoms with Crippen LogP contribution >= 0.6 is 0 Å². The van der Waals surface area contributed by atoms with Gasteiger partial charge in [-0.1, -0.05) is 6.92 Å². The third-order valence-corrected chi connectivity index (χ3v) is 3.58. The lowest BCUT2D eigenvalue weighted by Gasteiger charge is -2.16. The summed E-state index contributed by atoms with van der Waals surface area (Å²) in [5.41, 5.74) is 2.86. The molecule has 0 spiro atoms. The first-order chi connectivity index (χ1) is 9.52. The number of fused-ring (bicyclic) bond motifs is 1. The predicted molar refractivity (Wildman–Crippen MR) is 79.9 cm³/mol. The maximum absolute atomic E-state index is 12.0. The van der Waals surface area contributed by atoms with Crippen LogP contribution in [0.1, 0.15) is 19.4 Å². The number of amides is 2. The Morgan fingerprint density at radius 1 is 1.40 bits per heavy atom. The number of benzene rings is 1. The van der Waals surface area contributed by atoms with Gasteiger partial charge in [0.2, 0.25) is 11.8 Å². The van der Waals surface area contributed by atoms with Crippen molar-refractivity contribution in [2.75, 3.05) is 30.4 Å². The highest BCUT2D eigenvalue weighted by Crippen LogP contribution is 2.30. The fourth-order valence-corrected chi connectivity index (χ4v) is 2.47.